The van der Waals surface area contributed by atoms with Crippen molar-refractivity contribution in [3.63, 3.8) is 0 Å². The van der Waals surface area contributed by atoms with Gasteiger partial charge in [-0.1, -0.05) is 6.07 Å². The summed E-state index contributed by atoms with van der Waals surface area (Å²) in [6, 6.07) is 12.7. The van der Waals surface area contributed by atoms with Crippen molar-refractivity contribution in [1.82, 2.24) is 19.7 Å². The number of ether oxygens (including phenoxy) is 1. The number of anilines is 1. The third-order valence-electron chi connectivity index (χ3n) is 6.35. The average molecular weight is 373 g/mol. The summed E-state index contributed by atoms with van der Waals surface area (Å²) >= 11 is 0. The minimum atomic E-state index is 0.546. The zero-order valence-electron chi connectivity index (χ0n) is 16.0. The van der Waals surface area contributed by atoms with Crippen molar-refractivity contribution in [1.29, 1.82) is 0 Å². The lowest BCUT2D eigenvalue weighted by molar-refractivity contribution is 0.290. The van der Waals surface area contributed by atoms with Gasteiger partial charge in [0.25, 0.3) is 0 Å². The molecular formula is C22H23N5O. The van der Waals surface area contributed by atoms with Crippen LogP contribution in [0.2, 0.25) is 0 Å². The normalized spacial score (nSPS) is 23.2. The molecule has 0 radical (unpaired) electrons. The Balaban J connectivity index is 1.29. The van der Waals surface area contributed by atoms with E-state index in [1.165, 1.54) is 24.2 Å². The Morgan fingerprint density at radius 3 is 2.61 bits per heavy atom. The van der Waals surface area contributed by atoms with Crippen molar-refractivity contribution in [3.05, 3.63) is 54.4 Å². The average Bonchev–Trinajstić information content (AvgIpc) is 3.43. The van der Waals surface area contributed by atoms with E-state index in [2.05, 4.69) is 52.3 Å². The van der Waals surface area contributed by atoms with Crippen LogP contribution in [0, 0.1) is 11.8 Å². The SMILES string of the molecule is CN1C[C@@H]2CN(c3ccc4c(n3)OCc3cc(-n5cccn5)ccc3-4)C[C@@H]2C1. The molecule has 2 atom stereocenters. The van der Waals surface area contributed by atoms with Crippen LogP contribution in [0.4, 0.5) is 5.82 Å². The fourth-order valence-corrected chi connectivity index (χ4v) is 5.01. The van der Waals surface area contributed by atoms with Crippen LogP contribution in [0.5, 0.6) is 5.88 Å². The van der Waals surface area contributed by atoms with Gasteiger partial charge >= 0.3 is 0 Å². The molecule has 2 saturated heterocycles. The number of likely N-dealkylation sites (tertiary alicyclic amines) is 1. The summed E-state index contributed by atoms with van der Waals surface area (Å²) in [5, 5.41) is 4.32. The third kappa shape index (κ3) is 2.52. The highest BCUT2D eigenvalue weighted by molar-refractivity contribution is 5.75. The lowest BCUT2D eigenvalue weighted by Crippen LogP contribution is -2.27. The van der Waals surface area contributed by atoms with Crippen LogP contribution in [0.3, 0.4) is 0 Å². The summed E-state index contributed by atoms with van der Waals surface area (Å²) < 4.78 is 7.93. The van der Waals surface area contributed by atoms with Gasteiger partial charge in [-0.25, -0.2) is 4.68 Å². The molecule has 0 saturated carbocycles. The van der Waals surface area contributed by atoms with Gasteiger partial charge in [-0.3, -0.25) is 0 Å². The number of pyridine rings is 1. The second-order valence-electron chi connectivity index (χ2n) is 8.25. The Kier molecular flexibility index (Phi) is 3.50. The molecule has 1 aromatic carbocycles. The highest BCUT2D eigenvalue weighted by atomic mass is 16.5. The maximum Gasteiger partial charge on any atom is 0.223 e. The summed E-state index contributed by atoms with van der Waals surface area (Å²) in [6.45, 7) is 5.16. The Bertz CT molecular complexity index is 1020. The van der Waals surface area contributed by atoms with Crippen LogP contribution >= 0.6 is 0 Å². The molecule has 0 unspecified atom stereocenters. The number of nitrogens with zero attached hydrogens (tertiary/aromatic N) is 5. The summed E-state index contributed by atoms with van der Waals surface area (Å²) in [4.78, 5) is 9.77. The van der Waals surface area contributed by atoms with Crippen LogP contribution in [0.1, 0.15) is 5.56 Å². The third-order valence-corrected chi connectivity index (χ3v) is 6.35. The number of aromatic nitrogens is 3. The summed E-state index contributed by atoms with van der Waals surface area (Å²) in [6.07, 6.45) is 3.75. The molecule has 2 aromatic heterocycles. The monoisotopic (exact) mass is 373 g/mol. The molecular weight excluding hydrogens is 350 g/mol. The van der Waals surface area contributed by atoms with Gasteiger partial charge in [0.15, 0.2) is 0 Å². The van der Waals surface area contributed by atoms with Gasteiger partial charge in [0.1, 0.15) is 12.4 Å². The van der Waals surface area contributed by atoms with Gasteiger partial charge in [-0.05, 0) is 60.3 Å². The maximum absolute atomic E-state index is 6.06. The molecule has 0 N–H and O–H groups in total. The molecule has 3 aliphatic rings. The lowest BCUT2D eigenvalue weighted by atomic mass is 9.98. The number of hydrogen-bond acceptors (Lipinski definition) is 5. The Morgan fingerprint density at radius 1 is 1.00 bits per heavy atom. The molecule has 5 heterocycles. The van der Waals surface area contributed by atoms with E-state index in [1.54, 1.807) is 6.20 Å². The molecule has 6 rings (SSSR count). The highest BCUT2D eigenvalue weighted by Crippen LogP contribution is 2.40. The summed E-state index contributed by atoms with van der Waals surface area (Å²) in [5.74, 6) is 3.34. The largest absolute Gasteiger partial charge is 0.472 e. The van der Waals surface area contributed by atoms with Crippen molar-refractivity contribution < 1.29 is 4.74 Å². The fraction of sp³-hybridized carbons (Fsp3) is 0.364. The molecule has 0 spiro atoms. The molecule has 28 heavy (non-hydrogen) atoms. The van der Waals surface area contributed by atoms with E-state index in [9.17, 15) is 0 Å². The summed E-state index contributed by atoms with van der Waals surface area (Å²) in [5.41, 5.74) is 4.51. The first-order valence-corrected chi connectivity index (χ1v) is 9.95. The Morgan fingerprint density at radius 2 is 1.82 bits per heavy atom. The van der Waals surface area contributed by atoms with E-state index in [4.69, 9.17) is 9.72 Å². The molecule has 0 aliphatic carbocycles. The number of fused-ring (bicyclic) bond motifs is 4. The smallest absolute Gasteiger partial charge is 0.223 e. The first-order valence-electron chi connectivity index (χ1n) is 9.95. The molecule has 2 fully saturated rings. The standard InChI is InChI=1S/C22H23N5O/c1-25-10-16-12-26(13-17(16)11-25)21-6-5-20-19-4-3-18(27-8-2-7-23-27)9-15(19)14-28-22(20)24-21/h2-9,16-17H,10-14H2,1H3/t16-,17+. The number of hydrogen-bond donors (Lipinski definition) is 0. The van der Waals surface area contributed by atoms with Crippen molar-refractivity contribution in [2.45, 2.75) is 6.61 Å². The van der Waals surface area contributed by atoms with Gasteiger partial charge < -0.3 is 14.5 Å². The van der Waals surface area contributed by atoms with Crippen LogP contribution in [0.15, 0.2) is 48.8 Å². The van der Waals surface area contributed by atoms with Crippen LogP contribution in [0.25, 0.3) is 16.8 Å². The van der Waals surface area contributed by atoms with Crippen LogP contribution < -0.4 is 9.64 Å². The van der Waals surface area contributed by atoms with E-state index in [0.29, 0.717) is 6.61 Å². The number of benzene rings is 1. The minimum absolute atomic E-state index is 0.546. The van der Waals surface area contributed by atoms with Gasteiger partial charge in [-0.2, -0.15) is 10.1 Å². The molecule has 0 amide bonds. The van der Waals surface area contributed by atoms with Crippen LogP contribution in [-0.4, -0.2) is 52.9 Å². The molecule has 3 aromatic rings. The fourth-order valence-electron chi connectivity index (χ4n) is 5.01. The van der Waals surface area contributed by atoms with Gasteiger partial charge in [0.2, 0.25) is 5.88 Å². The van der Waals surface area contributed by atoms with E-state index in [-0.39, 0.29) is 0 Å². The highest BCUT2D eigenvalue weighted by Gasteiger charge is 2.39. The molecule has 6 nitrogen and oxygen atoms in total. The topological polar surface area (TPSA) is 46.4 Å². The Hall–Kier alpha value is -2.86. The quantitative estimate of drug-likeness (QED) is 0.691. The Labute approximate surface area is 164 Å². The van der Waals surface area contributed by atoms with Crippen molar-refractivity contribution >= 4 is 5.82 Å². The lowest BCUT2D eigenvalue weighted by Gasteiger charge is -2.24. The molecule has 3 aliphatic heterocycles. The van der Waals surface area contributed by atoms with Gasteiger partial charge in [0.05, 0.1) is 5.69 Å². The second-order valence-corrected chi connectivity index (χ2v) is 8.25. The van der Waals surface area contributed by atoms with Crippen molar-refractivity contribution in [2.24, 2.45) is 11.8 Å². The van der Waals surface area contributed by atoms with Crippen molar-refractivity contribution in [3.8, 4) is 22.7 Å². The zero-order valence-corrected chi connectivity index (χ0v) is 16.0. The van der Waals surface area contributed by atoms with Crippen LogP contribution in [-0.2, 0) is 6.61 Å². The van der Waals surface area contributed by atoms with E-state index in [0.717, 1.165) is 47.9 Å². The van der Waals surface area contributed by atoms with Gasteiger partial charge in [0, 0.05) is 44.1 Å². The summed E-state index contributed by atoms with van der Waals surface area (Å²) in [7, 11) is 2.23. The maximum atomic E-state index is 6.06. The zero-order chi connectivity index (χ0) is 18.7. The van der Waals surface area contributed by atoms with E-state index in [1.807, 2.05) is 16.9 Å². The van der Waals surface area contributed by atoms with Gasteiger partial charge in [-0.15, -0.1) is 0 Å². The molecule has 0 bridgehead atoms. The van der Waals surface area contributed by atoms with Crippen molar-refractivity contribution in [2.75, 3.05) is 38.1 Å². The molecule has 142 valence electrons. The first-order chi connectivity index (χ1) is 13.7. The minimum Gasteiger partial charge on any atom is -0.472 e. The predicted molar refractivity (Wildman–Crippen MR) is 108 cm³/mol. The van der Waals surface area contributed by atoms with E-state index >= 15 is 0 Å². The molecule has 6 heteroatoms. The first kappa shape index (κ1) is 16.1. The van der Waals surface area contributed by atoms with E-state index < -0.39 is 0 Å². The predicted octanol–water partition coefficient (Wildman–Crippen LogP) is 2.82. The second kappa shape index (κ2) is 6.07. The number of rotatable bonds is 2.